The van der Waals surface area contributed by atoms with Gasteiger partial charge < -0.3 is 5.73 Å². The van der Waals surface area contributed by atoms with Crippen LogP contribution in [0.25, 0.3) is 0 Å². The zero-order chi connectivity index (χ0) is 9.26. The Hall–Kier alpha value is -0.410. The first kappa shape index (κ1) is 9.16. The summed E-state index contributed by atoms with van der Waals surface area (Å²) >= 11 is 1.76. The molecule has 0 aromatic carbocycles. The van der Waals surface area contributed by atoms with Crippen LogP contribution in [0, 0.1) is 6.92 Å². The van der Waals surface area contributed by atoms with E-state index in [0.29, 0.717) is 12.0 Å². The van der Waals surface area contributed by atoms with Crippen molar-refractivity contribution in [3.63, 3.8) is 0 Å². The van der Waals surface area contributed by atoms with Crippen molar-refractivity contribution < 1.29 is 0 Å². The van der Waals surface area contributed by atoms with Gasteiger partial charge in [0.15, 0.2) is 0 Å². The van der Waals surface area contributed by atoms with Crippen LogP contribution in [-0.2, 0) is 0 Å². The van der Waals surface area contributed by atoms with Gasteiger partial charge in [-0.05, 0) is 32.6 Å². The average molecular weight is 196 g/mol. The number of aryl methyl sites for hydroxylation is 1. The summed E-state index contributed by atoms with van der Waals surface area (Å²) in [5.41, 5.74) is 7.16. The molecule has 1 aromatic heterocycles. The molecular weight excluding hydrogens is 180 g/mol. The highest BCUT2D eigenvalue weighted by Gasteiger charge is 2.21. The Labute approximate surface area is 83.2 Å². The van der Waals surface area contributed by atoms with Crippen molar-refractivity contribution in [1.82, 2.24) is 4.98 Å². The van der Waals surface area contributed by atoms with Crippen LogP contribution in [0.2, 0.25) is 0 Å². The number of hydrogen-bond donors (Lipinski definition) is 1. The van der Waals surface area contributed by atoms with Crippen LogP contribution < -0.4 is 5.73 Å². The van der Waals surface area contributed by atoms with Crippen LogP contribution in [0.4, 0.5) is 0 Å². The number of nitrogens with zero attached hydrogens (tertiary/aromatic N) is 1. The van der Waals surface area contributed by atoms with E-state index in [0.717, 1.165) is 0 Å². The van der Waals surface area contributed by atoms with Crippen molar-refractivity contribution in [2.75, 3.05) is 0 Å². The summed E-state index contributed by atoms with van der Waals surface area (Å²) in [6, 6.07) is 0.441. The monoisotopic (exact) mass is 196 g/mol. The fourth-order valence-electron chi connectivity index (χ4n) is 1.98. The third kappa shape index (κ3) is 2.09. The number of thiazole rings is 1. The second kappa shape index (κ2) is 3.76. The Morgan fingerprint density at radius 3 is 2.62 bits per heavy atom. The first-order valence-corrected chi connectivity index (χ1v) is 5.81. The highest BCUT2D eigenvalue weighted by atomic mass is 32.1. The van der Waals surface area contributed by atoms with Crippen molar-refractivity contribution in [1.29, 1.82) is 0 Å². The van der Waals surface area contributed by atoms with E-state index in [1.54, 1.807) is 11.3 Å². The summed E-state index contributed by atoms with van der Waals surface area (Å²) in [6.45, 7) is 2.07. The van der Waals surface area contributed by atoms with Gasteiger partial charge in [-0.25, -0.2) is 4.98 Å². The molecule has 13 heavy (non-hydrogen) atoms. The molecule has 0 spiro atoms. The van der Waals surface area contributed by atoms with E-state index < -0.39 is 0 Å². The van der Waals surface area contributed by atoms with E-state index in [2.05, 4.69) is 17.3 Å². The lowest BCUT2D eigenvalue weighted by Crippen LogP contribution is -2.25. The van der Waals surface area contributed by atoms with Gasteiger partial charge in [-0.3, -0.25) is 0 Å². The van der Waals surface area contributed by atoms with E-state index in [4.69, 9.17) is 5.73 Å². The summed E-state index contributed by atoms with van der Waals surface area (Å²) in [6.07, 6.45) is 4.79. The highest BCUT2D eigenvalue weighted by Crippen LogP contribution is 2.32. The third-order valence-corrected chi connectivity index (χ3v) is 3.62. The van der Waals surface area contributed by atoms with Gasteiger partial charge in [-0.1, -0.05) is 0 Å². The van der Waals surface area contributed by atoms with Gasteiger partial charge in [0.05, 0.1) is 10.7 Å². The summed E-state index contributed by atoms with van der Waals surface area (Å²) in [4.78, 5) is 4.54. The molecule has 2 N–H and O–H groups in total. The molecule has 72 valence electrons. The summed E-state index contributed by atoms with van der Waals surface area (Å²) in [7, 11) is 0. The van der Waals surface area contributed by atoms with Crippen LogP contribution >= 0.6 is 11.3 Å². The predicted octanol–water partition coefficient (Wildman–Crippen LogP) is 2.44. The molecule has 1 aromatic rings. The standard InChI is InChI=1S/C10H16N2S/c1-7-12-10(6-13-7)8-2-4-9(11)5-3-8/h6,8-9H,2-5,11H2,1H3/t8-,9+. The minimum atomic E-state index is 0.441. The Bertz CT molecular complexity index is 274. The largest absolute Gasteiger partial charge is 0.328 e. The predicted molar refractivity (Wildman–Crippen MR) is 56.0 cm³/mol. The molecule has 0 atom stereocenters. The second-order valence-corrected chi connectivity index (χ2v) is 4.97. The van der Waals surface area contributed by atoms with Crippen molar-refractivity contribution in [3.05, 3.63) is 16.1 Å². The Kier molecular flexibility index (Phi) is 2.65. The summed E-state index contributed by atoms with van der Waals surface area (Å²) in [5, 5.41) is 3.39. The molecule has 3 heteroatoms. The van der Waals surface area contributed by atoms with Crippen molar-refractivity contribution in [3.8, 4) is 0 Å². The molecule has 1 saturated carbocycles. The molecule has 0 radical (unpaired) electrons. The lowest BCUT2D eigenvalue weighted by molar-refractivity contribution is 0.391. The second-order valence-electron chi connectivity index (χ2n) is 3.90. The minimum absolute atomic E-state index is 0.441. The van der Waals surface area contributed by atoms with E-state index in [1.165, 1.54) is 36.4 Å². The van der Waals surface area contributed by atoms with Gasteiger partial charge in [0, 0.05) is 17.3 Å². The van der Waals surface area contributed by atoms with Crippen LogP contribution in [0.3, 0.4) is 0 Å². The Balaban J connectivity index is 2.02. The number of rotatable bonds is 1. The number of hydrogen-bond acceptors (Lipinski definition) is 3. The van der Waals surface area contributed by atoms with E-state index in [-0.39, 0.29) is 0 Å². The van der Waals surface area contributed by atoms with E-state index >= 15 is 0 Å². The molecular formula is C10H16N2S. The Morgan fingerprint density at radius 2 is 2.08 bits per heavy atom. The van der Waals surface area contributed by atoms with Crippen LogP contribution in [0.15, 0.2) is 5.38 Å². The molecule has 0 aliphatic heterocycles. The van der Waals surface area contributed by atoms with Crippen molar-refractivity contribution >= 4 is 11.3 Å². The van der Waals surface area contributed by atoms with Gasteiger partial charge in [0.1, 0.15) is 0 Å². The molecule has 1 heterocycles. The lowest BCUT2D eigenvalue weighted by atomic mass is 9.85. The van der Waals surface area contributed by atoms with Crippen molar-refractivity contribution in [2.24, 2.45) is 5.73 Å². The van der Waals surface area contributed by atoms with Gasteiger partial charge in [-0.2, -0.15) is 0 Å². The van der Waals surface area contributed by atoms with Crippen molar-refractivity contribution in [2.45, 2.75) is 44.6 Å². The van der Waals surface area contributed by atoms with Gasteiger partial charge in [-0.15, -0.1) is 11.3 Å². The van der Waals surface area contributed by atoms with Gasteiger partial charge >= 0.3 is 0 Å². The number of aromatic nitrogens is 1. The minimum Gasteiger partial charge on any atom is -0.328 e. The molecule has 1 aliphatic rings. The topological polar surface area (TPSA) is 38.9 Å². The molecule has 0 amide bonds. The van der Waals surface area contributed by atoms with Gasteiger partial charge in [0.25, 0.3) is 0 Å². The normalized spacial score (nSPS) is 29.1. The molecule has 2 nitrogen and oxygen atoms in total. The van der Waals surface area contributed by atoms with E-state index in [9.17, 15) is 0 Å². The quantitative estimate of drug-likeness (QED) is 0.749. The maximum absolute atomic E-state index is 5.86. The highest BCUT2D eigenvalue weighted by molar-refractivity contribution is 7.09. The first-order valence-electron chi connectivity index (χ1n) is 4.93. The maximum Gasteiger partial charge on any atom is 0.0897 e. The molecule has 0 bridgehead atoms. The zero-order valence-electron chi connectivity index (χ0n) is 7.99. The molecule has 0 unspecified atom stereocenters. The Morgan fingerprint density at radius 1 is 1.38 bits per heavy atom. The zero-order valence-corrected chi connectivity index (χ0v) is 8.81. The lowest BCUT2D eigenvalue weighted by Gasteiger charge is -2.24. The summed E-state index contributed by atoms with van der Waals surface area (Å²) in [5.74, 6) is 0.685. The smallest absolute Gasteiger partial charge is 0.0897 e. The third-order valence-electron chi connectivity index (χ3n) is 2.83. The molecule has 2 rings (SSSR count). The van der Waals surface area contributed by atoms with Crippen LogP contribution in [0.5, 0.6) is 0 Å². The molecule has 1 aliphatic carbocycles. The average Bonchev–Trinajstić information content (AvgIpc) is 2.53. The fraction of sp³-hybridized carbons (Fsp3) is 0.700. The van der Waals surface area contributed by atoms with E-state index in [1.807, 2.05) is 0 Å². The maximum atomic E-state index is 5.86. The number of nitrogens with two attached hydrogens (primary N) is 1. The SMILES string of the molecule is Cc1nc([C@H]2CC[C@@H](N)CC2)cs1. The first-order chi connectivity index (χ1) is 6.25. The molecule has 0 saturated heterocycles. The summed E-state index contributed by atoms with van der Waals surface area (Å²) < 4.78 is 0. The fourth-order valence-corrected chi connectivity index (χ4v) is 2.68. The van der Waals surface area contributed by atoms with Gasteiger partial charge in [0.2, 0.25) is 0 Å². The molecule has 1 fully saturated rings. The van der Waals surface area contributed by atoms with Crippen LogP contribution in [0.1, 0.15) is 42.3 Å². The van der Waals surface area contributed by atoms with Crippen LogP contribution in [-0.4, -0.2) is 11.0 Å².